The van der Waals surface area contributed by atoms with Crippen molar-refractivity contribution in [1.29, 1.82) is 0 Å². The number of hydrogen-bond acceptors (Lipinski definition) is 5. The summed E-state index contributed by atoms with van der Waals surface area (Å²) in [6, 6.07) is 17.9. The molecule has 0 aliphatic heterocycles. The third-order valence-electron chi connectivity index (χ3n) is 4.26. The van der Waals surface area contributed by atoms with Crippen LogP contribution in [0.4, 0.5) is 0 Å². The molecule has 1 amide bonds. The van der Waals surface area contributed by atoms with Crippen LogP contribution in [0.2, 0.25) is 0 Å². The van der Waals surface area contributed by atoms with Gasteiger partial charge in [0.05, 0.1) is 11.8 Å². The molecule has 3 aromatic rings. The number of carbonyl (C=O) groups is 2. The van der Waals surface area contributed by atoms with Gasteiger partial charge in [0, 0.05) is 17.7 Å². The number of aromatic nitrogens is 3. The highest BCUT2D eigenvalue weighted by Gasteiger charge is 2.20. The van der Waals surface area contributed by atoms with Crippen LogP contribution in [-0.2, 0) is 6.54 Å². The Morgan fingerprint density at radius 3 is 2.21 bits per heavy atom. The Hall–Kier alpha value is -2.93. The van der Waals surface area contributed by atoms with Gasteiger partial charge in [-0.1, -0.05) is 60.3 Å². The predicted molar refractivity (Wildman–Crippen MR) is 110 cm³/mol. The monoisotopic (exact) mass is 394 g/mol. The summed E-state index contributed by atoms with van der Waals surface area (Å²) in [5.74, 6) is 0.837. The smallest absolute Gasteiger partial charge is 0.251 e. The first kappa shape index (κ1) is 19.8. The van der Waals surface area contributed by atoms with Crippen LogP contribution in [-0.4, -0.2) is 32.2 Å². The molecule has 144 valence electrons. The standard InChI is InChI=1S/C21H22N4O2S/c1-3-25-19(15(2)22-20(27)17-12-8-5-9-13-17)23-24-21(25)28-14-18(26)16-10-6-4-7-11-16/h4-13,15H,3,14H2,1-2H3,(H,22,27)/t15-/m0/s1. The Morgan fingerprint density at radius 1 is 1.00 bits per heavy atom. The minimum absolute atomic E-state index is 0.0447. The number of thioether (sulfide) groups is 1. The summed E-state index contributed by atoms with van der Waals surface area (Å²) in [6.07, 6.45) is 0. The average Bonchev–Trinajstić information content (AvgIpc) is 3.16. The Morgan fingerprint density at radius 2 is 1.61 bits per heavy atom. The molecule has 0 aliphatic rings. The summed E-state index contributed by atoms with van der Waals surface area (Å²) in [7, 11) is 0. The Balaban J connectivity index is 1.67. The van der Waals surface area contributed by atoms with Gasteiger partial charge in [-0.05, 0) is 26.0 Å². The first-order chi connectivity index (χ1) is 13.6. The Bertz CT molecular complexity index is 942. The van der Waals surface area contributed by atoms with Crippen LogP contribution in [0.25, 0.3) is 0 Å². The van der Waals surface area contributed by atoms with E-state index in [9.17, 15) is 9.59 Å². The molecule has 0 spiro atoms. The summed E-state index contributed by atoms with van der Waals surface area (Å²) in [6.45, 7) is 4.51. The predicted octanol–water partition coefficient (Wildman–Crippen LogP) is 3.76. The molecule has 1 N–H and O–H groups in total. The molecule has 3 rings (SSSR count). The number of ketones is 1. The molecule has 0 saturated carbocycles. The highest BCUT2D eigenvalue weighted by atomic mass is 32.2. The van der Waals surface area contributed by atoms with Crippen LogP contribution < -0.4 is 5.32 Å². The number of nitrogens with zero attached hydrogens (tertiary/aromatic N) is 3. The number of Topliss-reactive ketones (excluding diaryl/α,β-unsaturated/α-hetero) is 1. The molecular formula is C21H22N4O2S. The molecule has 0 radical (unpaired) electrons. The van der Waals surface area contributed by atoms with E-state index in [-0.39, 0.29) is 23.5 Å². The quantitative estimate of drug-likeness (QED) is 0.465. The number of carbonyl (C=O) groups excluding carboxylic acids is 2. The van der Waals surface area contributed by atoms with Gasteiger partial charge in [-0.25, -0.2) is 0 Å². The summed E-state index contributed by atoms with van der Waals surface area (Å²) in [4.78, 5) is 24.7. The van der Waals surface area contributed by atoms with Gasteiger partial charge in [0.15, 0.2) is 16.8 Å². The van der Waals surface area contributed by atoms with Gasteiger partial charge < -0.3 is 9.88 Å². The molecule has 0 unspecified atom stereocenters. The fourth-order valence-corrected chi connectivity index (χ4v) is 3.70. The highest BCUT2D eigenvalue weighted by molar-refractivity contribution is 7.99. The largest absolute Gasteiger partial charge is 0.342 e. The van der Waals surface area contributed by atoms with Crippen LogP contribution in [0.1, 0.15) is 46.4 Å². The lowest BCUT2D eigenvalue weighted by Crippen LogP contribution is -2.28. The lowest BCUT2D eigenvalue weighted by molar-refractivity contribution is 0.0936. The fourth-order valence-electron chi connectivity index (χ4n) is 2.80. The highest BCUT2D eigenvalue weighted by Crippen LogP contribution is 2.22. The number of hydrogen-bond donors (Lipinski definition) is 1. The van der Waals surface area contributed by atoms with Crippen LogP contribution >= 0.6 is 11.8 Å². The lowest BCUT2D eigenvalue weighted by Gasteiger charge is -2.15. The van der Waals surface area contributed by atoms with E-state index in [1.807, 2.05) is 54.8 Å². The van der Waals surface area contributed by atoms with Gasteiger partial charge in [-0.15, -0.1) is 10.2 Å². The number of nitrogens with one attached hydrogen (secondary N) is 1. The van der Waals surface area contributed by atoms with Crippen molar-refractivity contribution in [2.45, 2.75) is 31.6 Å². The summed E-state index contributed by atoms with van der Waals surface area (Å²) < 4.78 is 1.93. The normalized spacial score (nSPS) is 11.8. The van der Waals surface area contributed by atoms with Gasteiger partial charge >= 0.3 is 0 Å². The van der Waals surface area contributed by atoms with E-state index in [1.54, 1.807) is 24.3 Å². The molecule has 2 aromatic carbocycles. The minimum atomic E-state index is -0.306. The van der Waals surface area contributed by atoms with Crippen LogP contribution in [0.5, 0.6) is 0 Å². The van der Waals surface area contributed by atoms with E-state index in [1.165, 1.54) is 11.8 Å². The molecule has 1 heterocycles. The topological polar surface area (TPSA) is 76.9 Å². The third kappa shape index (κ3) is 4.67. The van der Waals surface area contributed by atoms with Gasteiger partial charge in [-0.3, -0.25) is 9.59 Å². The first-order valence-electron chi connectivity index (χ1n) is 9.10. The molecule has 0 fully saturated rings. The average molecular weight is 395 g/mol. The minimum Gasteiger partial charge on any atom is -0.342 e. The summed E-state index contributed by atoms with van der Waals surface area (Å²) >= 11 is 1.36. The molecule has 28 heavy (non-hydrogen) atoms. The molecule has 7 heteroatoms. The maximum absolute atomic E-state index is 12.4. The molecule has 1 aromatic heterocycles. The van der Waals surface area contributed by atoms with Crippen LogP contribution in [0, 0.1) is 0 Å². The van der Waals surface area contributed by atoms with Gasteiger partial charge in [0.1, 0.15) is 0 Å². The van der Waals surface area contributed by atoms with Gasteiger partial charge in [0.25, 0.3) is 5.91 Å². The molecule has 0 bridgehead atoms. The van der Waals surface area contributed by atoms with Crippen molar-refractivity contribution in [2.75, 3.05) is 5.75 Å². The second-order valence-electron chi connectivity index (χ2n) is 6.22. The van der Waals surface area contributed by atoms with E-state index in [2.05, 4.69) is 15.5 Å². The van der Waals surface area contributed by atoms with Crippen molar-refractivity contribution < 1.29 is 9.59 Å². The SMILES string of the molecule is CCn1c(SCC(=O)c2ccccc2)nnc1[C@H](C)NC(=O)c1ccccc1. The zero-order chi connectivity index (χ0) is 19.9. The molecule has 0 saturated heterocycles. The molecule has 6 nitrogen and oxygen atoms in total. The number of benzene rings is 2. The second-order valence-corrected chi connectivity index (χ2v) is 7.17. The zero-order valence-electron chi connectivity index (χ0n) is 15.8. The van der Waals surface area contributed by atoms with Crippen molar-refractivity contribution in [3.63, 3.8) is 0 Å². The van der Waals surface area contributed by atoms with Crippen LogP contribution in [0.3, 0.4) is 0 Å². The first-order valence-corrected chi connectivity index (χ1v) is 10.1. The molecule has 0 aliphatic carbocycles. The van der Waals surface area contributed by atoms with Gasteiger partial charge in [0.2, 0.25) is 0 Å². The Kier molecular flexibility index (Phi) is 6.60. The van der Waals surface area contributed by atoms with E-state index in [0.29, 0.717) is 28.7 Å². The molecule has 1 atom stereocenters. The fraction of sp³-hybridized carbons (Fsp3) is 0.238. The number of amides is 1. The maximum atomic E-state index is 12.4. The van der Waals surface area contributed by atoms with E-state index in [4.69, 9.17) is 0 Å². The van der Waals surface area contributed by atoms with E-state index >= 15 is 0 Å². The summed E-state index contributed by atoms with van der Waals surface area (Å²) in [5, 5.41) is 12.1. The van der Waals surface area contributed by atoms with Crippen molar-refractivity contribution in [3.8, 4) is 0 Å². The van der Waals surface area contributed by atoms with E-state index in [0.717, 1.165) is 0 Å². The van der Waals surface area contributed by atoms with Crippen molar-refractivity contribution >= 4 is 23.5 Å². The second kappa shape index (κ2) is 9.32. The number of rotatable bonds is 8. The third-order valence-corrected chi connectivity index (χ3v) is 5.23. The van der Waals surface area contributed by atoms with Crippen molar-refractivity contribution in [2.24, 2.45) is 0 Å². The zero-order valence-corrected chi connectivity index (χ0v) is 16.6. The Labute approximate surface area is 168 Å². The lowest BCUT2D eigenvalue weighted by atomic mass is 10.2. The van der Waals surface area contributed by atoms with Gasteiger partial charge in [-0.2, -0.15) is 0 Å². The van der Waals surface area contributed by atoms with E-state index < -0.39 is 0 Å². The van der Waals surface area contributed by atoms with Crippen molar-refractivity contribution in [1.82, 2.24) is 20.1 Å². The summed E-state index contributed by atoms with van der Waals surface area (Å²) in [5.41, 5.74) is 1.28. The molecular weight excluding hydrogens is 372 g/mol. The van der Waals surface area contributed by atoms with Crippen LogP contribution in [0.15, 0.2) is 65.8 Å². The van der Waals surface area contributed by atoms with Crippen molar-refractivity contribution in [3.05, 3.63) is 77.6 Å². The maximum Gasteiger partial charge on any atom is 0.251 e.